The van der Waals surface area contributed by atoms with Gasteiger partial charge in [-0.1, -0.05) is 55.5 Å². The first-order chi connectivity index (χ1) is 8.66. The highest BCUT2D eigenvalue weighted by molar-refractivity contribution is 7.15. The lowest BCUT2D eigenvalue weighted by Gasteiger charge is -2.21. The molecular formula is C14H19N3S. The molecule has 1 heterocycles. The Balaban J connectivity index is 2.03. The van der Waals surface area contributed by atoms with Crippen LogP contribution < -0.4 is 5.32 Å². The Hall–Kier alpha value is -1.42. The van der Waals surface area contributed by atoms with E-state index in [0.29, 0.717) is 11.8 Å². The zero-order valence-electron chi connectivity index (χ0n) is 11.1. The summed E-state index contributed by atoms with van der Waals surface area (Å²) in [4.78, 5) is 0. The molecule has 4 heteroatoms. The van der Waals surface area contributed by atoms with Gasteiger partial charge in [0, 0.05) is 12.5 Å². The number of nitrogens with one attached hydrogen (secondary N) is 1. The minimum absolute atomic E-state index is 0.496. The van der Waals surface area contributed by atoms with Crippen LogP contribution in [0.4, 0.5) is 5.13 Å². The topological polar surface area (TPSA) is 37.8 Å². The number of hydrogen-bond donors (Lipinski definition) is 1. The second kappa shape index (κ2) is 5.96. The summed E-state index contributed by atoms with van der Waals surface area (Å²) >= 11 is 1.60. The van der Waals surface area contributed by atoms with Crippen LogP contribution in [0, 0.1) is 12.8 Å². The highest BCUT2D eigenvalue weighted by atomic mass is 32.1. The average molecular weight is 261 g/mol. The Kier molecular flexibility index (Phi) is 4.31. The smallest absolute Gasteiger partial charge is 0.205 e. The third-order valence-electron chi connectivity index (χ3n) is 3.03. The summed E-state index contributed by atoms with van der Waals surface area (Å²) in [6.07, 6.45) is 0. The van der Waals surface area contributed by atoms with Crippen LogP contribution in [0.5, 0.6) is 0 Å². The fourth-order valence-corrected chi connectivity index (χ4v) is 2.60. The fraction of sp³-hybridized carbons (Fsp3) is 0.429. The van der Waals surface area contributed by atoms with Gasteiger partial charge in [-0.3, -0.25) is 0 Å². The Morgan fingerprint density at radius 3 is 2.44 bits per heavy atom. The molecule has 1 aromatic carbocycles. The van der Waals surface area contributed by atoms with Gasteiger partial charge in [-0.15, -0.1) is 10.2 Å². The molecule has 0 saturated heterocycles. The molecule has 0 saturated carbocycles. The van der Waals surface area contributed by atoms with E-state index in [1.54, 1.807) is 11.3 Å². The molecule has 0 aliphatic rings. The second-order valence-corrected chi connectivity index (χ2v) is 5.95. The van der Waals surface area contributed by atoms with Gasteiger partial charge in [0.15, 0.2) is 0 Å². The summed E-state index contributed by atoms with van der Waals surface area (Å²) in [6.45, 7) is 7.38. The normalized spacial score (nSPS) is 12.7. The van der Waals surface area contributed by atoms with E-state index in [1.165, 1.54) is 5.56 Å². The Labute approximate surface area is 112 Å². The van der Waals surface area contributed by atoms with E-state index in [1.807, 2.05) is 6.92 Å². The first kappa shape index (κ1) is 13.0. The van der Waals surface area contributed by atoms with Crippen LogP contribution in [0.25, 0.3) is 0 Å². The SMILES string of the molecule is Cc1nnc(NCC(c2ccccc2)C(C)C)s1. The van der Waals surface area contributed by atoms with Crippen molar-refractivity contribution < 1.29 is 0 Å². The summed E-state index contributed by atoms with van der Waals surface area (Å²) in [5, 5.41) is 13.4. The van der Waals surface area contributed by atoms with Crippen molar-refractivity contribution in [3.8, 4) is 0 Å². The molecule has 0 aliphatic carbocycles. The van der Waals surface area contributed by atoms with E-state index in [2.05, 4.69) is 59.7 Å². The van der Waals surface area contributed by atoms with Gasteiger partial charge in [0.2, 0.25) is 5.13 Å². The zero-order valence-corrected chi connectivity index (χ0v) is 11.9. The van der Waals surface area contributed by atoms with Gasteiger partial charge >= 0.3 is 0 Å². The summed E-state index contributed by atoms with van der Waals surface area (Å²) in [5.41, 5.74) is 1.38. The lowest BCUT2D eigenvalue weighted by Crippen LogP contribution is -2.17. The maximum absolute atomic E-state index is 4.10. The molecule has 2 aromatic rings. The van der Waals surface area contributed by atoms with Gasteiger partial charge in [0.25, 0.3) is 0 Å². The fourth-order valence-electron chi connectivity index (χ4n) is 2.00. The molecule has 0 bridgehead atoms. The molecule has 96 valence electrons. The quantitative estimate of drug-likeness (QED) is 0.891. The second-order valence-electron chi connectivity index (χ2n) is 4.77. The average Bonchev–Trinajstić information content (AvgIpc) is 2.76. The maximum Gasteiger partial charge on any atom is 0.205 e. The molecule has 1 unspecified atom stereocenters. The van der Waals surface area contributed by atoms with Crippen molar-refractivity contribution >= 4 is 16.5 Å². The largest absolute Gasteiger partial charge is 0.359 e. The Morgan fingerprint density at radius 2 is 1.89 bits per heavy atom. The molecule has 0 aliphatic heterocycles. The van der Waals surface area contributed by atoms with Crippen molar-refractivity contribution in [2.75, 3.05) is 11.9 Å². The van der Waals surface area contributed by atoms with Gasteiger partial charge in [0.1, 0.15) is 5.01 Å². The molecule has 0 amide bonds. The van der Waals surface area contributed by atoms with Gasteiger partial charge in [-0.25, -0.2) is 0 Å². The van der Waals surface area contributed by atoms with Crippen LogP contribution in [-0.2, 0) is 0 Å². The number of rotatable bonds is 5. The van der Waals surface area contributed by atoms with Crippen LogP contribution in [-0.4, -0.2) is 16.7 Å². The predicted molar refractivity (Wildman–Crippen MR) is 77.2 cm³/mol. The lowest BCUT2D eigenvalue weighted by molar-refractivity contribution is 0.517. The first-order valence-electron chi connectivity index (χ1n) is 6.25. The van der Waals surface area contributed by atoms with Crippen molar-refractivity contribution in [2.24, 2.45) is 5.92 Å². The lowest BCUT2D eigenvalue weighted by atomic mass is 9.88. The first-order valence-corrected chi connectivity index (χ1v) is 7.07. The number of benzene rings is 1. The van der Waals surface area contributed by atoms with Gasteiger partial charge in [-0.2, -0.15) is 0 Å². The van der Waals surface area contributed by atoms with Crippen LogP contribution >= 0.6 is 11.3 Å². The van der Waals surface area contributed by atoms with Gasteiger partial charge < -0.3 is 5.32 Å². The van der Waals surface area contributed by atoms with Crippen molar-refractivity contribution in [3.05, 3.63) is 40.9 Å². The molecule has 18 heavy (non-hydrogen) atoms. The van der Waals surface area contributed by atoms with Gasteiger partial charge in [0.05, 0.1) is 0 Å². The molecular weight excluding hydrogens is 242 g/mol. The Morgan fingerprint density at radius 1 is 1.17 bits per heavy atom. The summed E-state index contributed by atoms with van der Waals surface area (Å²) in [7, 11) is 0. The molecule has 2 rings (SSSR count). The minimum Gasteiger partial charge on any atom is -0.359 e. The van der Waals surface area contributed by atoms with E-state index in [4.69, 9.17) is 0 Å². The minimum atomic E-state index is 0.496. The summed E-state index contributed by atoms with van der Waals surface area (Å²) in [6, 6.07) is 10.6. The number of aromatic nitrogens is 2. The summed E-state index contributed by atoms with van der Waals surface area (Å²) < 4.78 is 0. The van der Waals surface area contributed by atoms with E-state index >= 15 is 0 Å². The molecule has 1 atom stereocenters. The van der Waals surface area contributed by atoms with Crippen molar-refractivity contribution in [1.29, 1.82) is 0 Å². The third-order valence-corrected chi connectivity index (χ3v) is 3.83. The van der Waals surface area contributed by atoms with Gasteiger partial charge in [-0.05, 0) is 18.4 Å². The van der Waals surface area contributed by atoms with Crippen molar-refractivity contribution in [2.45, 2.75) is 26.7 Å². The maximum atomic E-state index is 4.10. The highest BCUT2D eigenvalue weighted by Crippen LogP contribution is 2.25. The highest BCUT2D eigenvalue weighted by Gasteiger charge is 2.15. The van der Waals surface area contributed by atoms with E-state index < -0.39 is 0 Å². The number of aryl methyl sites for hydroxylation is 1. The van der Waals surface area contributed by atoms with Crippen LogP contribution in [0.1, 0.15) is 30.3 Å². The van der Waals surface area contributed by atoms with E-state index in [9.17, 15) is 0 Å². The van der Waals surface area contributed by atoms with Crippen LogP contribution in [0.3, 0.4) is 0 Å². The van der Waals surface area contributed by atoms with E-state index in [0.717, 1.165) is 16.7 Å². The summed E-state index contributed by atoms with van der Waals surface area (Å²) in [5.74, 6) is 1.09. The molecule has 0 fully saturated rings. The van der Waals surface area contributed by atoms with E-state index in [-0.39, 0.29) is 0 Å². The number of nitrogens with zero attached hydrogens (tertiary/aromatic N) is 2. The monoisotopic (exact) mass is 261 g/mol. The molecule has 3 nitrogen and oxygen atoms in total. The molecule has 1 aromatic heterocycles. The van der Waals surface area contributed by atoms with Crippen molar-refractivity contribution in [1.82, 2.24) is 10.2 Å². The van der Waals surface area contributed by atoms with Crippen LogP contribution in [0.15, 0.2) is 30.3 Å². The number of anilines is 1. The molecule has 0 spiro atoms. The predicted octanol–water partition coefficient (Wildman–Crippen LogP) is 3.70. The molecule has 0 radical (unpaired) electrons. The van der Waals surface area contributed by atoms with Crippen molar-refractivity contribution in [3.63, 3.8) is 0 Å². The molecule has 1 N–H and O–H groups in total. The number of hydrogen-bond acceptors (Lipinski definition) is 4. The zero-order chi connectivity index (χ0) is 13.0. The third kappa shape index (κ3) is 3.29. The van der Waals surface area contributed by atoms with Crippen LogP contribution in [0.2, 0.25) is 0 Å². The standard InChI is InChI=1S/C14H19N3S/c1-10(2)13(12-7-5-4-6-8-12)9-15-14-17-16-11(3)18-14/h4-8,10,13H,9H2,1-3H3,(H,15,17). The Bertz CT molecular complexity index is 479.